The van der Waals surface area contributed by atoms with Crippen molar-refractivity contribution in [2.24, 2.45) is 29.2 Å². The molecule has 1 saturated carbocycles. The molecule has 15 N–H and O–H groups in total. The van der Waals surface area contributed by atoms with E-state index < -0.39 is 115 Å². The third-order valence-electron chi connectivity index (χ3n) is 18.4. The molecular formula is C61H74N8O15S2. The molecule has 0 aromatic heterocycles. The van der Waals surface area contributed by atoms with Crippen LogP contribution in [-0.2, 0) is 30.4 Å². The third kappa shape index (κ3) is 11.2. The molecule has 0 radical (unpaired) electrons. The molecule has 2 aliphatic carbocycles. The van der Waals surface area contributed by atoms with Gasteiger partial charge in [-0.25, -0.2) is 0 Å². The van der Waals surface area contributed by atoms with E-state index in [1.807, 2.05) is 35.2 Å². The normalized spacial score (nSPS) is 32.3. The number of rotatable bonds is 16. The smallest absolute Gasteiger partial charge is 0.242 e. The molecule has 12 rings (SSSR count). The number of nitrogens with two attached hydrogens (primary N) is 2. The number of aliphatic hydroxyl groups excluding tert-OH is 5. The molecule has 3 saturated heterocycles. The second-order valence-corrected chi connectivity index (χ2v) is 26.2. The number of benzene rings is 3. The highest BCUT2D eigenvalue weighted by Gasteiger charge is 2.66. The SMILES string of the molecule is NC1=C(CNC2CCCC2)C([C@@H](CO)CO[C@]23CSSC[C@H]4C#C[C@](O)([C@@H]5COC[C@H](CC[C@H]4O)[C@@H](c4ccccc4N4CN[C@@H]6C(=O)N[C@H](N)N[C@@H]64)c4cc6c(c(OC[C@H](O)CC=O)c4O[C@H]2O5)C(=O)c2cc(CO)ccc2C6=O)[C@H]3O)=CCN1. The van der Waals surface area contributed by atoms with E-state index in [9.17, 15) is 40.2 Å². The molecule has 1 amide bonds. The summed E-state index contributed by atoms with van der Waals surface area (Å²) in [6.45, 7) is -1.39. The number of hydrogen-bond acceptors (Lipinski definition) is 24. The summed E-state index contributed by atoms with van der Waals surface area (Å²) in [5, 5.41) is 88.6. The van der Waals surface area contributed by atoms with Gasteiger partial charge in [-0.3, -0.25) is 30.8 Å². The van der Waals surface area contributed by atoms with Gasteiger partial charge in [-0.2, -0.15) is 0 Å². The van der Waals surface area contributed by atoms with Gasteiger partial charge in [-0.05, 0) is 72.6 Å². The molecular weight excluding hydrogens is 1150 g/mol. The van der Waals surface area contributed by atoms with Crippen molar-refractivity contribution >= 4 is 51.0 Å². The molecule has 460 valence electrons. The fourth-order valence-electron chi connectivity index (χ4n) is 13.7. The van der Waals surface area contributed by atoms with E-state index in [1.54, 1.807) is 12.1 Å². The van der Waals surface area contributed by atoms with Crippen LogP contribution in [0.5, 0.6) is 11.5 Å². The van der Waals surface area contributed by atoms with Gasteiger partial charge < -0.3 is 85.7 Å². The molecule has 3 aromatic rings. The van der Waals surface area contributed by atoms with Gasteiger partial charge in [0.1, 0.15) is 49.4 Å². The minimum atomic E-state index is -2.49. The highest BCUT2D eigenvalue weighted by atomic mass is 33.1. The lowest BCUT2D eigenvalue weighted by Crippen LogP contribution is -2.75. The van der Waals surface area contributed by atoms with Crippen molar-refractivity contribution in [1.82, 2.24) is 26.6 Å². The topological polar surface area (TPSA) is 351 Å². The standard InChI is InChI=1S/C61H74N8O15S2/c62-54-43(21-65-35-5-1-2-6-35)37(14-17-64-54)34(23-72)25-82-61-29-86-85-28-33-13-16-60(79,57(61)78)46-27-80-24-32(10-12-45(33)74)47(39-7-3-4-8-44(39)69-30-66-49-55(69)67-59(63)68-56(49)77)42-20-41-48(51(76)40-19-31(22-71)9-11-38(40)50(41)75)53(52(42)84-58(61)83-46)81-26-36(73)15-18-70/h3-4,7-9,11,14,18-20,32-36,45-47,49,55,57-59,64-67,71-74,78-79H,1-2,5-6,10,12,15,17,21-30,62-63H2,(H,68,77)/t32-,33+,34-,36+,45+,46-,47-,49-,55+,57+,58+,59+,60-,61-/m0/s1. The molecule has 23 nitrogen and oxygen atoms in total. The number of aldehydes is 1. The molecule has 86 heavy (non-hydrogen) atoms. The molecule has 7 heterocycles. The van der Waals surface area contributed by atoms with Crippen molar-refractivity contribution in [3.63, 3.8) is 0 Å². The van der Waals surface area contributed by atoms with Crippen molar-refractivity contribution in [2.45, 2.75) is 124 Å². The first-order valence-corrected chi connectivity index (χ1v) is 32.0. The van der Waals surface area contributed by atoms with E-state index in [4.69, 9.17) is 35.2 Å². The molecule has 0 spiro atoms. The van der Waals surface area contributed by atoms with Crippen LogP contribution in [0.25, 0.3) is 0 Å². The monoisotopic (exact) mass is 1220 g/mol. The number of dihydropyridines is 1. The lowest BCUT2D eigenvalue weighted by molar-refractivity contribution is -0.344. The van der Waals surface area contributed by atoms with E-state index in [0.29, 0.717) is 47.6 Å². The summed E-state index contributed by atoms with van der Waals surface area (Å²) in [7, 11) is 2.62. The van der Waals surface area contributed by atoms with Gasteiger partial charge in [0, 0.05) is 82.4 Å². The summed E-state index contributed by atoms with van der Waals surface area (Å²) >= 11 is 0. The Kier molecular flexibility index (Phi) is 17.9. The molecule has 14 atom stereocenters. The summed E-state index contributed by atoms with van der Waals surface area (Å²) < 4.78 is 35.2. The Morgan fingerprint density at radius 1 is 0.977 bits per heavy atom. The van der Waals surface area contributed by atoms with Crippen LogP contribution in [0.15, 0.2) is 71.6 Å². The van der Waals surface area contributed by atoms with Crippen LogP contribution in [0.3, 0.4) is 0 Å². The van der Waals surface area contributed by atoms with Crippen LogP contribution in [-0.4, -0.2) is 185 Å². The number of carbonyl (C=O) groups excluding carboxylic acids is 4. The lowest BCUT2D eigenvalue weighted by Gasteiger charge is -2.54. The van der Waals surface area contributed by atoms with Crippen molar-refractivity contribution in [3.8, 4) is 23.3 Å². The Hall–Kier alpha value is -5.64. The highest BCUT2D eigenvalue weighted by molar-refractivity contribution is 8.76. The zero-order valence-electron chi connectivity index (χ0n) is 47.3. The molecule has 9 aliphatic rings. The minimum Gasteiger partial charge on any atom is -0.486 e. The number of nitrogens with zero attached hydrogens (tertiary/aromatic N) is 1. The molecule has 7 aliphatic heterocycles. The van der Waals surface area contributed by atoms with E-state index in [-0.39, 0.29) is 109 Å². The van der Waals surface area contributed by atoms with E-state index in [2.05, 4.69) is 38.4 Å². The summed E-state index contributed by atoms with van der Waals surface area (Å²) in [6.07, 6.45) is -2.79. The fourth-order valence-corrected chi connectivity index (χ4v) is 16.4. The Morgan fingerprint density at radius 2 is 1.80 bits per heavy atom. The number of aliphatic hydroxyl groups is 6. The first kappa shape index (κ1) is 60.6. The number of hydrogen-bond donors (Lipinski definition) is 13. The molecule has 4 fully saturated rings. The Bertz CT molecular complexity index is 3250. The van der Waals surface area contributed by atoms with Crippen molar-refractivity contribution in [3.05, 3.63) is 111 Å². The summed E-state index contributed by atoms with van der Waals surface area (Å²) in [5.41, 5.74) is 11.2. The van der Waals surface area contributed by atoms with Gasteiger partial charge in [0.25, 0.3) is 0 Å². The van der Waals surface area contributed by atoms with Gasteiger partial charge in [-0.1, -0.05) is 76.6 Å². The van der Waals surface area contributed by atoms with Crippen LogP contribution >= 0.6 is 21.6 Å². The maximum atomic E-state index is 15.5. The number of ketones is 2. The molecule has 0 unspecified atom stereocenters. The maximum Gasteiger partial charge on any atom is 0.242 e. The van der Waals surface area contributed by atoms with Crippen LogP contribution < -0.4 is 52.4 Å². The number of ether oxygens (including phenoxy) is 5. The van der Waals surface area contributed by atoms with E-state index >= 15 is 9.59 Å². The van der Waals surface area contributed by atoms with Gasteiger partial charge >= 0.3 is 0 Å². The second-order valence-electron chi connectivity index (χ2n) is 23.7. The highest BCUT2D eigenvalue weighted by Crippen LogP contribution is 2.54. The largest absolute Gasteiger partial charge is 0.486 e. The number of fused-ring (bicyclic) bond motifs is 11. The average Bonchev–Trinajstić information content (AvgIpc) is 0.934. The fraction of sp³-hybridized carbons (Fsp3) is 0.541. The Balaban J connectivity index is 1.09. The summed E-state index contributed by atoms with van der Waals surface area (Å²) in [6, 6.07) is 13.0. The Labute approximate surface area is 505 Å². The van der Waals surface area contributed by atoms with Crippen molar-refractivity contribution in [1.29, 1.82) is 0 Å². The maximum absolute atomic E-state index is 15.5. The van der Waals surface area contributed by atoms with Gasteiger partial charge in [0.2, 0.25) is 12.2 Å². The zero-order valence-corrected chi connectivity index (χ0v) is 48.9. The average molecular weight is 1220 g/mol. The van der Waals surface area contributed by atoms with Crippen LogP contribution in [0.4, 0.5) is 5.69 Å². The lowest BCUT2D eigenvalue weighted by atomic mass is 9.74. The molecule has 6 bridgehead atoms. The third-order valence-corrected chi connectivity index (χ3v) is 20.9. The van der Waals surface area contributed by atoms with Gasteiger partial charge in [0.05, 0.1) is 63.4 Å². The molecule has 3 aromatic carbocycles. The number of para-hydroxylation sites is 1. The first-order chi connectivity index (χ1) is 41.7. The van der Waals surface area contributed by atoms with Gasteiger partial charge in [-0.15, -0.1) is 0 Å². The van der Waals surface area contributed by atoms with Gasteiger partial charge in [0.15, 0.2) is 34.3 Å². The van der Waals surface area contributed by atoms with Crippen molar-refractivity contribution < 1.29 is 73.5 Å². The summed E-state index contributed by atoms with van der Waals surface area (Å²) in [4.78, 5) is 58.4. The minimum absolute atomic E-state index is 0.0401. The molecule has 25 heteroatoms. The summed E-state index contributed by atoms with van der Waals surface area (Å²) in [5.74, 6) is 1.30. The quantitative estimate of drug-likeness (QED) is 0.0400. The number of anilines is 1. The van der Waals surface area contributed by atoms with E-state index in [0.717, 1.165) is 31.3 Å². The number of nitrogens with one attached hydrogen (secondary N) is 5. The number of carbonyl (C=O) groups is 4. The zero-order chi connectivity index (χ0) is 60.0. The number of amides is 1. The predicted molar refractivity (Wildman–Crippen MR) is 316 cm³/mol. The van der Waals surface area contributed by atoms with E-state index in [1.165, 1.54) is 33.7 Å². The predicted octanol–water partition coefficient (Wildman–Crippen LogP) is 0.0458. The second kappa shape index (κ2) is 25.5. The van der Waals surface area contributed by atoms with Crippen molar-refractivity contribution in [2.75, 3.05) is 69.2 Å². The first-order valence-electron chi connectivity index (χ1n) is 29.5. The Morgan fingerprint density at radius 3 is 2.60 bits per heavy atom. The van der Waals surface area contributed by atoms with Crippen LogP contribution in [0.2, 0.25) is 0 Å². The van der Waals surface area contributed by atoms with Crippen LogP contribution in [0, 0.1) is 29.6 Å². The van der Waals surface area contributed by atoms with Crippen LogP contribution in [0.1, 0.15) is 99.4 Å².